The molecule has 0 aromatic carbocycles. The summed E-state index contributed by atoms with van der Waals surface area (Å²) in [6.07, 6.45) is 5.92. The van der Waals surface area contributed by atoms with Crippen LogP contribution in [-0.4, -0.2) is 0 Å². The maximum atomic E-state index is 4.04. The zero-order valence-corrected chi connectivity index (χ0v) is 8.03. The van der Waals surface area contributed by atoms with Crippen molar-refractivity contribution in [1.82, 2.24) is 0 Å². The van der Waals surface area contributed by atoms with Gasteiger partial charge in [0.25, 0.3) is 0 Å². The minimum absolute atomic E-state index is 0.812. The fraction of sp³-hybridized carbons (Fsp3) is 0.727. The van der Waals surface area contributed by atoms with Crippen LogP contribution in [0, 0.1) is 12.8 Å². The molecule has 0 amide bonds. The predicted molar refractivity (Wildman–Crippen MR) is 52.4 cm³/mol. The van der Waals surface area contributed by atoms with Gasteiger partial charge in [-0.05, 0) is 31.6 Å². The maximum absolute atomic E-state index is 4.04. The maximum Gasteiger partial charge on any atom is -0.0321 e. The van der Waals surface area contributed by atoms with Crippen LogP contribution in [0.25, 0.3) is 0 Å². The van der Waals surface area contributed by atoms with E-state index in [-0.39, 0.29) is 0 Å². The molecule has 0 rings (SSSR count). The van der Waals surface area contributed by atoms with E-state index in [1.54, 1.807) is 0 Å². The molecule has 0 fully saturated rings. The highest BCUT2D eigenvalue weighted by molar-refractivity contribution is 4.93. The van der Waals surface area contributed by atoms with Crippen molar-refractivity contribution in [1.29, 1.82) is 0 Å². The zero-order valence-electron chi connectivity index (χ0n) is 8.03. The molecule has 0 saturated heterocycles. The van der Waals surface area contributed by atoms with Crippen molar-refractivity contribution in [3.8, 4) is 0 Å². The van der Waals surface area contributed by atoms with Crippen LogP contribution in [0.4, 0.5) is 0 Å². The minimum atomic E-state index is 0.812. The lowest BCUT2D eigenvalue weighted by Gasteiger charge is -2.06. The first-order valence-corrected chi connectivity index (χ1v) is 4.62. The van der Waals surface area contributed by atoms with E-state index in [1.165, 1.54) is 31.3 Å². The third kappa shape index (κ3) is 7.64. The Balaban J connectivity index is 3.23. The summed E-state index contributed by atoms with van der Waals surface area (Å²) in [5, 5.41) is 0. The van der Waals surface area contributed by atoms with Crippen LogP contribution >= 0.6 is 0 Å². The summed E-state index contributed by atoms with van der Waals surface area (Å²) in [5.41, 5.74) is 1.40. The Morgan fingerprint density at radius 1 is 1.27 bits per heavy atom. The predicted octanol–water partition coefficient (Wildman–Crippen LogP) is 3.98. The Morgan fingerprint density at radius 3 is 2.36 bits per heavy atom. The topological polar surface area (TPSA) is 0 Å². The number of unbranched alkanes of at least 4 members (excludes halogenated alkanes) is 1. The second-order valence-electron chi connectivity index (χ2n) is 3.64. The molecule has 0 aromatic rings. The van der Waals surface area contributed by atoms with Crippen molar-refractivity contribution in [3.63, 3.8) is 0 Å². The van der Waals surface area contributed by atoms with Crippen molar-refractivity contribution < 1.29 is 0 Å². The quantitative estimate of drug-likeness (QED) is 0.506. The van der Waals surface area contributed by atoms with Crippen molar-refractivity contribution in [2.75, 3.05) is 0 Å². The van der Waals surface area contributed by atoms with Gasteiger partial charge < -0.3 is 0 Å². The van der Waals surface area contributed by atoms with Crippen molar-refractivity contribution in [3.05, 3.63) is 19.1 Å². The van der Waals surface area contributed by atoms with Crippen LogP contribution in [0.2, 0.25) is 0 Å². The van der Waals surface area contributed by atoms with E-state index in [0.29, 0.717) is 0 Å². The highest BCUT2D eigenvalue weighted by Gasteiger charge is 1.96. The van der Waals surface area contributed by atoms with Gasteiger partial charge in [-0.15, -0.1) is 0 Å². The van der Waals surface area contributed by atoms with Crippen LogP contribution in [0.1, 0.15) is 46.0 Å². The first kappa shape index (κ1) is 10.7. The van der Waals surface area contributed by atoms with Gasteiger partial charge in [0.2, 0.25) is 0 Å². The molecule has 0 heterocycles. The van der Waals surface area contributed by atoms with Gasteiger partial charge in [0.15, 0.2) is 0 Å². The van der Waals surface area contributed by atoms with Gasteiger partial charge >= 0.3 is 0 Å². The van der Waals surface area contributed by atoms with E-state index >= 15 is 0 Å². The summed E-state index contributed by atoms with van der Waals surface area (Å²) < 4.78 is 0. The molecular weight excluding hydrogens is 132 g/mol. The normalized spacial score (nSPS) is 10.5. The second kappa shape index (κ2) is 6.45. The molecule has 11 heavy (non-hydrogen) atoms. The fourth-order valence-corrected chi connectivity index (χ4v) is 0.993. The molecule has 0 unspecified atom stereocenters. The number of allylic oxidation sites excluding steroid dienone is 1. The minimum Gasteiger partial charge on any atom is -0.0999 e. The molecule has 0 saturated carbocycles. The first-order chi connectivity index (χ1) is 5.16. The van der Waals surface area contributed by atoms with E-state index in [1.807, 2.05) is 0 Å². The van der Waals surface area contributed by atoms with Gasteiger partial charge in [0.1, 0.15) is 0 Å². The average molecular weight is 153 g/mol. The Kier molecular flexibility index (Phi) is 6.30. The molecule has 0 aliphatic heterocycles. The van der Waals surface area contributed by atoms with Gasteiger partial charge in [-0.3, -0.25) is 0 Å². The third-order valence-corrected chi connectivity index (χ3v) is 1.86. The van der Waals surface area contributed by atoms with Gasteiger partial charge in [-0.25, -0.2) is 0 Å². The van der Waals surface area contributed by atoms with Crippen LogP contribution < -0.4 is 0 Å². The lowest BCUT2D eigenvalue weighted by atomic mass is 10.0. The van der Waals surface area contributed by atoms with Crippen LogP contribution in [0.15, 0.2) is 12.2 Å². The SMILES string of the molecule is [CH2]CCCC(=C)CCC(C)C. The Labute approximate surface area is 71.7 Å². The van der Waals surface area contributed by atoms with Crippen LogP contribution in [0.3, 0.4) is 0 Å². The highest BCUT2D eigenvalue weighted by atomic mass is 14.0. The van der Waals surface area contributed by atoms with Crippen LogP contribution in [-0.2, 0) is 0 Å². The zero-order chi connectivity index (χ0) is 8.69. The monoisotopic (exact) mass is 153 g/mol. The molecule has 0 aromatic heterocycles. The summed E-state index contributed by atoms with van der Waals surface area (Å²) in [5.74, 6) is 0.812. The lowest BCUT2D eigenvalue weighted by molar-refractivity contribution is 0.575. The third-order valence-electron chi connectivity index (χ3n) is 1.86. The molecule has 0 aliphatic rings. The highest BCUT2D eigenvalue weighted by Crippen LogP contribution is 2.14. The number of hydrogen-bond acceptors (Lipinski definition) is 0. The van der Waals surface area contributed by atoms with E-state index in [2.05, 4.69) is 27.4 Å². The Hall–Kier alpha value is -0.260. The molecule has 65 valence electrons. The average Bonchev–Trinajstić information content (AvgIpc) is 1.97. The first-order valence-electron chi connectivity index (χ1n) is 4.62. The molecule has 0 heteroatoms. The van der Waals surface area contributed by atoms with Gasteiger partial charge in [0, 0.05) is 0 Å². The van der Waals surface area contributed by atoms with Gasteiger partial charge in [0.05, 0.1) is 0 Å². The largest absolute Gasteiger partial charge is 0.0999 e. The number of rotatable bonds is 6. The van der Waals surface area contributed by atoms with E-state index < -0.39 is 0 Å². The molecular formula is C11H21. The van der Waals surface area contributed by atoms with Crippen LogP contribution in [0.5, 0.6) is 0 Å². The van der Waals surface area contributed by atoms with E-state index in [4.69, 9.17) is 0 Å². The summed E-state index contributed by atoms with van der Waals surface area (Å²) in [4.78, 5) is 0. The van der Waals surface area contributed by atoms with Gasteiger partial charge in [-0.2, -0.15) is 0 Å². The Morgan fingerprint density at radius 2 is 1.91 bits per heavy atom. The molecule has 0 N–H and O–H groups in total. The number of hydrogen-bond donors (Lipinski definition) is 0. The summed E-state index contributed by atoms with van der Waals surface area (Å²) in [6, 6.07) is 0. The van der Waals surface area contributed by atoms with Crippen molar-refractivity contribution in [2.24, 2.45) is 5.92 Å². The standard InChI is InChI=1S/C11H21/c1-5-6-7-11(4)9-8-10(2)3/h10H,1,4-9H2,2-3H3. The van der Waals surface area contributed by atoms with Crippen molar-refractivity contribution >= 4 is 0 Å². The molecule has 0 nitrogen and oxygen atoms in total. The van der Waals surface area contributed by atoms with Gasteiger partial charge in [-0.1, -0.05) is 39.3 Å². The molecule has 0 bridgehead atoms. The lowest BCUT2D eigenvalue weighted by Crippen LogP contribution is -1.89. The summed E-state index contributed by atoms with van der Waals surface area (Å²) in [7, 11) is 0. The van der Waals surface area contributed by atoms with E-state index in [0.717, 1.165) is 12.3 Å². The molecule has 0 spiro atoms. The summed E-state index contributed by atoms with van der Waals surface area (Å²) >= 11 is 0. The fourth-order valence-electron chi connectivity index (χ4n) is 0.993. The molecule has 0 aliphatic carbocycles. The molecule has 0 atom stereocenters. The van der Waals surface area contributed by atoms with E-state index in [9.17, 15) is 0 Å². The Bertz CT molecular complexity index is 101. The van der Waals surface area contributed by atoms with Crippen molar-refractivity contribution in [2.45, 2.75) is 46.0 Å². The summed E-state index contributed by atoms with van der Waals surface area (Å²) in [6.45, 7) is 12.4. The molecule has 1 radical (unpaired) electrons. The smallest absolute Gasteiger partial charge is 0.0321 e. The second-order valence-corrected chi connectivity index (χ2v) is 3.64.